The molecule has 1 aliphatic carbocycles. The lowest BCUT2D eigenvalue weighted by atomic mass is 9.84. The normalized spacial score (nSPS) is 17.5. The Morgan fingerprint density at radius 3 is 2.65 bits per heavy atom. The zero-order chi connectivity index (χ0) is 18.8. The van der Waals surface area contributed by atoms with E-state index in [9.17, 15) is 9.90 Å². The van der Waals surface area contributed by atoms with Crippen LogP contribution in [0.3, 0.4) is 0 Å². The van der Waals surface area contributed by atoms with E-state index < -0.39 is 18.1 Å². The average Bonchev–Trinajstić information content (AvgIpc) is 2.68. The van der Waals surface area contributed by atoms with Gasteiger partial charge in [0.25, 0.3) is 5.91 Å². The zero-order valence-electron chi connectivity index (χ0n) is 15.8. The summed E-state index contributed by atoms with van der Waals surface area (Å²) in [7, 11) is 0. The summed E-state index contributed by atoms with van der Waals surface area (Å²) in [5.74, 6) is 1.14. The lowest BCUT2D eigenvalue weighted by Gasteiger charge is -2.30. The standard InChI is InChI=1S/C20H33N3O2S/c1-26-14-8-13-23(17-11-6-3-7-12-17)22-20(25)19(24)18(21)15-16-9-4-2-5-10-16/h3,6-7,11-12,16,18-19,24H,2,4-5,8-10,13-15,21H2,1H3,(H,22,25)/t18-,19?/m1/s1. The molecule has 0 radical (unpaired) electrons. The first-order valence-electron chi connectivity index (χ1n) is 9.67. The molecule has 4 N–H and O–H groups in total. The van der Waals surface area contributed by atoms with E-state index in [2.05, 4.69) is 11.7 Å². The van der Waals surface area contributed by atoms with Gasteiger partial charge in [0.15, 0.2) is 0 Å². The summed E-state index contributed by atoms with van der Waals surface area (Å²) in [6, 6.07) is 9.21. The minimum Gasteiger partial charge on any atom is -0.382 e. The zero-order valence-corrected chi connectivity index (χ0v) is 16.6. The third kappa shape index (κ3) is 6.82. The van der Waals surface area contributed by atoms with Crippen LogP contribution in [0.25, 0.3) is 0 Å². The maximum absolute atomic E-state index is 12.6. The summed E-state index contributed by atoms with van der Waals surface area (Å²) in [5.41, 5.74) is 9.93. The number of anilines is 1. The Balaban J connectivity index is 1.91. The van der Waals surface area contributed by atoms with Crippen LogP contribution in [0.1, 0.15) is 44.9 Å². The molecular formula is C20H33N3O2S. The maximum Gasteiger partial charge on any atom is 0.268 e. The molecule has 0 saturated heterocycles. The molecule has 5 nitrogen and oxygen atoms in total. The fourth-order valence-corrected chi connectivity index (χ4v) is 3.97. The Labute approximate surface area is 161 Å². The van der Waals surface area contributed by atoms with Crippen LogP contribution >= 0.6 is 11.8 Å². The molecule has 1 aromatic carbocycles. The van der Waals surface area contributed by atoms with E-state index in [-0.39, 0.29) is 0 Å². The molecule has 2 rings (SSSR count). The van der Waals surface area contributed by atoms with Gasteiger partial charge in [0.2, 0.25) is 0 Å². The lowest BCUT2D eigenvalue weighted by molar-refractivity contribution is -0.130. The molecule has 6 heteroatoms. The molecule has 1 saturated carbocycles. The number of aliphatic hydroxyl groups is 1. The highest BCUT2D eigenvalue weighted by atomic mass is 32.2. The van der Waals surface area contributed by atoms with Crippen molar-refractivity contribution in [2.24, 2.45) is 11.7 Å². The van der Waals surface area contributed by atoms with Crippen molar-refractivity contribution in [2.45, 2.75) is 57.1 Å². The third-order valence-corrected chi connectivity index (χ3v) is 5.74. The van der Waals surface area contributed by atoms with Gasteiger partial charge in [0.1, 0.15) is 6.10 Å². The van der Waals surface area contributed by atoms with Crippen LogP contribution in [-0.4, -0.2) is 41.7 Å². The number of thioether (sulfide) groups is 1. The first kappa shape index (κ1) is 21.1. The van der Waals surface area contributed by atoms with Crippen molar-refractivity contribution in [1.29, 1.82) is 0 Å². The number of amides is 1. The van der Waals surface area contributed by atoms with E-state index in [4.69, 9.17) is 5.73 Å². The van der Waals surface area contributed by atoms with Crippen molar-refractivity contribution in [3.63, 3.8) is 0 Å². The van der Waals surface area contributed by atoms with E-state index in [1.165, 1.54) is 19.3 Å². The van der Waals surface area contributed by atoms with Gasteiger partial charge in [-0.1, -0.05) is 50.3 Å². The van der Waals surface area contributed by atoms with Crippen LogP contribution in [0, 0.1) is 5.92 Å². The molecule has 0 bridgehead atoms. The van der Waals surface area contributed by atoms with Gasteiger partial charge in [-0.2, -0.15) is 11.8 Å². The summed E-state index contributed by atoms with van der Waals surface area (Å²) in [6.07, 6.45) is 8.63. The second-order valence-corrected chi connectivity index (χ2v) is 8.14. The van der Waals surface area contributed by atoms with E-state index in [1.54, 1.807) is 11.8 Å². The van der Waals surface area contributed by atoms with Gasteiger partial charge < -0.3 is 10.8 Å². The highest BCUT2D eigenvalue weighted by molar-refractivity contribution is 7.98. The molecule has 0 aromatic heterocycles. The quantitative estimate of drug-likeness (QED) is 0.430. The van der Waals surface area contributed by atoms with Crippen LogP contribution < -0.4 is 16.2 Å². The van der Waals surface area contributed by atoms with Crippen molar-refractivity contribution in [3.05, 3.63) is 30.3 Å². The second kappa shape index (κ2) is 11.5. The van der Waals surface area contributed by atoms with Crippen LogP contribution in [0.15, 0.2) is 30.3 Å². The summed E-state index contributed by atoms with van der Waals surface area (Å²) in [4.78, 5) is 12.6. The highest BCUT2D eigenvalue weighted by Crippen LogP contribution is 2.27. The fourth-order valence-electron chi connectivity index (χ4n) is 3.55. The number of rotatable bonds is 10. The molecule has 0 heterocycles. The van der Waals surface area contributed by atoms with E-state index in [1.807, 2.05) is 35.3 Å². The number of hydrogen-bond acceptors (Lipinski definition) is 5. The Kier molecular flexibility index (Phi) is 9.29. The Morgan fingerprint density at radius 1 is 1.31 bits per heavy atom. The highest BCUT2D eigenvalue weighted by Gasteiger charge is 2.27. The van der Waals surface area contributed by atoms with Crippen LogP contribution in [0.4, 0.5) is 5.69 Å². The Bertz CT molecular complexity index is 523. The predicted octanol–water partition coefficient (Wildman–Crippen LogP) is 2.94. The minimum atomic E-state index is -1.18. The van der Waals surface area contributed by atoms with Gasteiger partial charge in [-0.05, 0) is 42.9 Å². The van der Waals surface area contributed by atoms with Crippen molar-refractivity contribution in [1.82, 2.24) is 5.43 Å². The molecule has 1 fully saturated rings. The van der Waals surface area contributed by atoms with Crippen LogP contribution in [0.5, 0.6) is 0 Å². The molecule has 1 unspecified atom stereocenters. The SMILES string of the molecule is CSCCCN(NC(=O)C(O)[C@H](N)CC1CCCCC1)c1ccccc1. The summed E-state index contributed by atoms with van der Waals surface area (Å²) in [5, 5.41) is 12.2. The van der Waals surface area contributed by atoms with E-state index in [0.717, 1.165) is 30.7 Å². The lowest BCUT2D eigenvalue weighted by Crippen LogP contribution is -2.53. The van der Waals surface area contributed by atoms with Gasteiger partial charge in [-0.25, -0.2) is 0 Å². The topological polar surface area (TPSA) is 78.6 Å². The molecule has 2 atom stereocenters. The first-order chi connectivity index (χ1) is 12.6. The smallest absolute Gasteiger partial charge is 0.268 e. The number of aliphatic hydroxyl groups excluding tert-OH is 1. The largest absolute Gasteiger partial charge is 0.382 e. The number of carbonyl (C=O) groups is 1. The van der Waals surface area contributed by atoms with E-state index >= 15 is 0 Å². The van der Waals surface area contributed by atoms with Crippen LogP contribution in [-0.2, 0) is 4.79 Å². The van der Waals surface area contributed by atoms with Gasteiger partial charge in [0.05, 0.1) is 5.69 Å². The molecular weight excluding hydrogens is 346 g/mol. The van der Waals surface area contributed by atoms with Crippen LogP contribution in [0.2, 0.25) is 0 Å². The third-order valence-electron chi connectivity index (χ3n) is 5.05. The average molecular weight is 380 g/mol. The molecule has 0 aliphatic heterocycles. The molecule has 146 valence electrons. The number of para-hydroxylation sites is 1. The number of nitrogens with two attached hydrogens (primary N) is 1. The van der Waals surface area contributed by atoms with Crippen molar-refractivity contribution in [3.8, 4) is 0 Å². The molecule has 1 amide bonds. The number of hydrogen-bond donors (Lipinski definition) is 3. The summed E-state index contributed by atoms with van der Waals surface area (Å²) >= 11 is 1.78. The molecule has 26 heavy (non-hydrogen) atoms. The minimum absolute atomic E-state index is 0.415. The number of carbonyl (C=O) groups excluding carboxylic acids is 1. The Morgan fingerprint density at radius 2 is 2.00 bits per heavy atom. The number of nitrogens with zero attached hydrogens (tertiary/aromatic N) is 1. The number of nitrogens with one attached hydrogen (secondary N) is 1. The second-order valence-electron chi connectivity index (χ2n) is 7.16. The molecule has 1 aromatic rings. The fraction of sp³-hybridized carbons (Fsp3) is 0.650. The van der Waals surface area contributed by atoms with Crippen molar-refractivity contribution >= 4 is 23.4 Å². The maximum atomic E-state index is 12.6. The number of benzene rings is 1. The van der Waals surface area contributed by atoms with Gasteiger partial charge in [0, 0.05) is 12.6 Å². The monoisotopic (exact) mass is 379 g/mol. The summed E-state index contributed by atoms with van der Waals surface area (Å²) < 4.78 is 0. The summed E-state index contributed by atoms with van der Waals surface area (Å²) in [6.45, 7) is 0.696. The van der Waals surface area contributed by atoms with Crippen molar-refractivity contribution in [2.75, 3.05) is 23.6 Å². The van der Waals surface area contributed by atoms with Gasteiger partial charge in [-0.15, -0.1) is 0 Å². The van der Waals surface area contributed by atoms with Gasteiger partial charge >= 0.3 is 0 Å². The van der Waals surface area contributed by atoms with E-state index in [0.29, 0.717) is 18.9 Å². The predicted molar refractivity (Wildman–Crippen MR) is 110 cm³/mol. The molecule has 0 spiro atoms. The Hall–Kier alpha value is -1.24. The van der Waals surface area contributed by atoms with Crippen molar-refractivity contribution < 1.29 is 9.90 Å². The first-order valence-corrected chi connectivity index (χ1v) is 11.1. The number of hydrazine groups is 1. The van der Waals surface area contributed by atoms with Gasteiger partial charge in [-0.3, -0.25) is 15.2 Å². The molecule has 1 aliphatic rings.